The van der Waals surface area contributed by atoms with Crippen LogP contribution in [0.3, 0.4) is 0 Å². The second-order valence-corrected chi connectivity index (χ2v) is 5.97. The zero-order chi connectivity index (χ0) is 15.2. The van der Waals surface area contributed by atoms with Crippen LogP contribution in [0.1, 0.15) is 44.8 Å². The van der Waals surface area contributed by atoms with Crippen molar-refractivity contribution in [2.75, 3.05) is 5.73 Å². The summed E-state index contributed by atoms with van der Waals surface area (Å²) >= 11 is 12.0. The average molecular weight is 327 g/mol. The maximum Gasteiger partial charge on any atom is 0.175 e. The van der Waals surface area contributed by atoms with Crippen LogP contribution in [0.2, 0.25) is 10.0 Å². The van der Waals surface area contributed by atoms with Gasteiger partial charge in [-0.1, -0.05) is 67.0 Å². The Labute approximate surface area is 135 Å². The standard InChI is InChI=1S/C16H20Cl2N2O/c1-2-3-4-5-6-7-14-15(16(19)20-21-14)11-8-9-12(17)13(18)10-11/h8-10H,2-7H2,1H3,(H2,19,20). The van der Waals surface area contributed by atoms with Crippen molar-refractivity contribution in [2.24, 2.45) is 0 Å². The van der Waals surface area contributed by atoms with Gasteiger partial charge in [-0.25, -0.2) is 0 Å². The highest BCUT2D eigenvalue weighted by atomic mass is 35.5. The van der Waals surface area contributed by atoms with Crippen molar-refractivity contribution in [3.63, 3.8) is 0 Å². The summed E-state index contributed by atoms with van der Waals surface area (Å²) in [5.41, 5.74) is 7.66. The summed E-state index contributed by atoms with van der Waals surface area (Å²) in [7, 11) is 0. The fourth-order valence-electron chi connectivity index (χ4n) is 2.36. The van der Waals surface area contributed by atoms with E-state index >= 15 is 0 Å². The van der Waals surface area contributed by atoms with E-state index in [4.69, 9.17) is 33.5 Å². The lowest BCUT2D eigenvalue weighted by atomic mass is 10.0. The Morgan fingerprint density at radius 3 is 2.57 bits per heavy atom. The van der Waals surface area contributed by atoms with Gasteiger partial charge in [0.2, 0.25) is 0 Å². The number of hydrogen-bond donors (Lipinski definition) is 1. The van der Waals surface area contributed by atoms with E-state index in [1.807, 2.05) is 6.07 Å². The molecule has 2 N–H and O–H groups in total. The lowest BCUT2D eigenvalue weighted by molar-refractivity contribution is 0.381. The first kappa shape index (κ1) is 16.2. The van der Waals surface area contributed by atoms with Crippen LogP contribution in [0.4, 0.5) is 5.82 Å². The average Bonchev–Trinajstić information content (AvgIpc) is 2.83. The number of nitrogens with zero attached hydrogens (tertiary/aromatic N) is 1. The largest absolute Gasteiger partial charge is 0.380 e. The summed E-state index contributed by atoms with van der Waals surface area (Å²) in [5, 5.41) is 4.91. The van der Waals surface area contributed by atoms with Crippen molar-refractivity contribution in [3.8, 4) is 11.1 Å². The zero-order valence-electron chi connectivity index (χ0n) is 12.2. The predicted octanol–water partition coefficient (Wildman–Crippen LogP) is 5.74. The fraction of sp³-hybridized carbons (Fsp3) is 0.438. The van der Waals surface area contributed by atoms with Crippen LogP contribution in [-0.4, -0.2) is 5.16 Å². The molecule has 1 heterocycles. The van der Waals surface area contributed by atoms with Gasteiger partial charge in [0.05, 0.1) is 15.6 Å². The minimum Gasteiger partial charge on any atom is -0.380 e. The molecule has 1 aromatic heterocycles. The molecule has 1 aromatic carbocycles. The Morgan fingerprint density at radius 2 is 1.86 bits per heavy atom. The Balaban J connectivity index is 2.12. The van der Waals surface area contributed by atoms with Crippen LogP contribution in [0.25, 0.3) is 11.1 Å². The van der Waals surface area contributed by atoms with E-state index in [9.17, 15) is 0 Å². The molecule has 0 unspecified atom stereocenters. The van der Waals surface area contributed by atoms with Crippen molar-refractivity contribution in [1.29, 1.82) is 0 Å². The number of nitrogens with two attached hydrogens (primary N) is 1. The van der Waals surface area contributed by atoms with Crippen LogP contribution in [0.5, 0.6) is 0 Å². The molecule has 0 saturated heterocycles. The molecule has 0 radical (unpaired) electrons. The molecule has 0 fully saturated rings. The van der Waals surface area contributed by atoms with Gasteiger partial charge in [-0.2, -0.15) is 0 Å². The maximum atomic E-state index is 6.07. The Kier molecular flexibility index (Phi) is 5.95. The summed E-state index contributed by atoms with van der Waals surface area (Å²) in [4.78, 5) is 0. The summed E-state index contributed by atoms with van der Waals surface area (Å²) in [6.45, 7) is 2.21. The molecule has 5 heteroatoms. The minimum absolute atomic E-state index is 0.400. The fourth-order valence-corrected chi connectivity index (χ4v) is 2.66. The van der Waals surface area contributed by atoms with Crippen molar-refractivity contribution in [3.05, 3.63) is 34.0 Å². The molecule has 2 aromatic rings. The second kappa shape index (κ2) is 7.71. The molecule has 2 rings (SSSR count). The number of aryl methyl sites for hydroxylation is 1. The quantitative estimate of drug-likeness (QED) is 0.659. The highest BCUT2D eigenvalue weighted by Crippen LogP contribution is 2.34. The van der Waals surface area contributed by atoms with E-state index in [1.54, 1.807) is 12.1 Å². The predicted molar refractivity (Wildman–Crippen MR) is 88.8 cm³/mol. The number of anilines is 1. The molecular weight excluding hydrogens is 307 g/mol. The number of unbranched alkanes of at least 4 members (excludes halogenated alkanes) is 4. The molecule has 3 nitrogen and oxygen atoms in total. The lowest BCUT2D eigenvalue weighted by Gasteiger charge is -2.04. The molecule has 0 amide bonds. The third-order valence-electron chi connectivity index (χ3n) is 3.50. The van der Waals surface area contributed by atoms with Crippen LogP contribution in [0.15, 0.2) is 22.7 Å². The SMILES string of the molecule is CCCCCCCc1onc(N)c1-c1ccc(Cl)c(Cl)c1. The molecule has 0 saturated carbocycles. The van der Waals surface area contributed by atoms with E-state index in [0.717, 1.165) is 29.7 Å². The first-order valence-electron chi connectivity index (χ1n) is 7.33. The molecule has 0 bridgehead atoms. The number of halogens is 2. The summed E-state index contributed by atoms with van der Waals surface area (Å²) < 4.78 is 5.38. The van der Waals surface area contributed by atoms with Crippen LogP contribution >= 0.6 is 23.2 Å². The number of nitrogen functional groups attached to an aromatic ring is 1. The molecule has 0 aliphatic heterocycles. The molecule has 114 valence electrons. The number of rotatable bonds is 7. The van der Waals surface area contributed by atoms with Crippen LogP contribution in [0, 0.1) is 0 Å². The normalized spacial score (nSPS) is 11.0. The highest BCUT2D eigenvalue weighted by molar-refractivity contribution is 6.42. The van der Waals surface area contributed by atoms with E-state index in [0.29, 0.717) is 15.9 Å². The van der Waals surface area contributed by atoms with Gasteiger partial charge >= 0.3 is 0 Å². The van der Waals surface area contributed by atoms with Gasteiger partial charge in [0.25, 0.3) is 0 Å². The third-order valence-corrected chi connectivity index (χ3v) is 4.24. The molecule has 0 atom stereocenters. The molecule has 21 heavy (non-hydrogen) atoms. The van der Waals surface area contributed by atoms with E-state index in [-0.39, 0.29) is 0 Å². The summed E-state index contributed by atoms with van der Waals surface area (Å²) in [6.07, 6.45) is 6.87. The van der Waals surface area contributed by atoms with Crippen LogP contribution in [-0.2, 0) is 6.42 Å². The van der Waals surface area contributed by atoms with E-state index in [2.05, 4.69) is 12.1 Å². The van der Waals surface area contributed by atoms with Gasteiger partial charge in [0, 0.05) is 6.42 Å². The van der Waals surface area contributed by atoms with Crippen molar-refractivity contribution in [2.45, 2.75) is 45.4 Å². The molecule has 0 aliphatic rings. The summed E-state index contributed by atoms with van der Waals surface area (Å²) in [5.74, 6) is 1.22. The number of benzene rings is 1. The summed E-state index contributed by atoms with van der Waals surface area (Å²) in [6, 6.07) is 5.45. The topological polar surface area (TPSA) is 52.0 Å². The third kappa shape index (κ3) is 4.14. The zero-order valence-corrected chi connectivity index (χ0v) is 13.7. The van der Waals surface area contributed by atoms with Gasteiger partial charge in [0.1, 0.15) is 5.76 Å². The molecule has 0 aliphatic carbocycles. The lowest BCUT2D eigenvalue weighted by Crippen LogP contribution is -1.91. The number of hydrogen-bond acceptors (Lipinski definition) is 3. The van der Waals surface area contributed by atoms with E-state index < -0.39 is 0 Å². The minimum atomic E-state index is 0.400. The monoisotopic (exact) mass is 326 g/mol. The first-order chi connectivity index (χ1) is 10.1. The highest BCUT2D eigenvalue weighted by Gasteiger charge is 2.16. The number of aromatic nitrogens is 1. The smallest absolute Gasteiger partial charge is 0.175 e. The van der Waals surface area contributed by atoms with Crippen molar-refractivity contribution < 1.29 is 4.52 Å². The van der Waals surface area contributed by atoms with Gasteiger partial charge in [0.15, 0.2) is 5.82 Å². The van der Waals surface area contributed by atoms with Gasteiger partial charge in [-0.05, 0) is 24.1 Å². The van der Waals surface area contributed by atoms with Gasteiger partial charge in [-0.15, -0.1) is 0 Å². The van der Waals surface area contributed by atoms with Crippen molar-refractivity contribution >= 4 is 29.0 Å². The molecule has 0 spiro atoms. The van der Waals surface area contributed by atoms with Gasteiger partial charge < -0.3 is 10.3 Å². The van der Waals surface area contributed by atoms with E-state index in [1.165, 1.54) is 25.7 Å². The Hall–Kier alpha value is -1.19. The van der Waals surface area contributed by atoms with Crippen molar-refractivity contribution in [1.82, 2.24) is 5.16 Å². The first-order valence-corrected chi connectivity index (χ1v) is 8.08. The molecular formula is C16H20Cl2N2O. The van der Waals surface area contributed by atoms with Gasteiger partial charge in [-0.3, -0.25) is 0 Å². The second-order valence-electron chi connectivity index (χ2n) is 5.16. The Morgan fingerprint density at radius 1 is 1.10 bits per heavy atom. The Bertz CT molecular complexity index is 596. The maximum absolute atomic E-state index is 6.07. The van der Waals surface area contributed by atoms with Crippen LogP contribution < -0.4 is 5.73 Å².